The van der Waals surface area contributed by atoms with E-state index in [1.54, 1.807) is 10.9 Å². The van der Waals surface area contributed by atoms with E-state index in [1.807, 2.05) is 18.3 Å². The highest BCUT2D eigenvalue weighted by molar-refractivity contribution is 6.31. The van der Waals surface area contributed by atoms with Crippen LogP contribution in [0.1, 0.15) is 40.9 Å². The molecule has 0 aliphatic carbocycles. The van der Waals surface area contributed by atoms with E-state index in [2.05, 4.69) is 37.2 Å². The zero-order valence-corrected chi connectivity index (χ0v) is 23.5. The Labute approximate surface area is 245 Å². The Hall–Kier alpha value is -4.03. The van der Waals surface area contributed by atoms with Crippen LogP contribution in [0.4, 0.5) is 24.7 Å². The molecule has 3 saturated heterocycles. The summed E-state index contributed by atoms with van der Waals surface area (Å²) < 4.78 is 43.4. The van der Waals surface area contributed by atoms with Gasteiger partial charge in [-0.2, -0.15) is 5.10 Å². The number of nitrogens with zero attached hydrogens (tertiary/aromatic N) is 7. The Morgan fingerprint density at radius 1 is 1.10 bits per heavy atom. The molecule has 218 valence electrons. The summed E-state index contributed by atoms with van der Waals surface area (Å²) in [6, 6.07) is 6.70. The smallest absolute Gasteiger partial charge is 0.275 e. The first-order valence-corrected chi connectivity index (χ1v) is 14.0. The Bertz CT molecular complexity index is 1600. The van der Waals surface area contributed by atoms with Gasteiger partial charge in [0.15, 0.2) is 5.82 Å². The van der Waals surface area contributed by atoms with Gasteiger partial charge in [-0.1, -0.05) is 23.7 Å². The molecule has 9 nitrogen and oxygen atoms in total. The molecule has 2 unspecified atom stereocenters. The number of benzene rings is 1. The van der Waals surface area contributed by atoms with Crippen molar-refractivity contribution in [1.29, 1.82) is 0 Å². The lowest BCUT2D eigenvalue weighted by Crippen LogP contribution is -2.41. The maximum atomic E-state index is 14.7. The second-order valence-corrected chi connectivity index (χ2v) is 11.2. The fourth-order valence-electron chi connectivity index (χ4n) is 5.70. The van der Waals surface area contributed by atoms with Gasteiger partial charge in [0.25, 0.3) is 12.3 Å². The number of anilines is 2. The van der Waals surface area contributed by atoms with Crippen LogP contribution in [0.25, 0.3) is 11.3 Å². The average Bonchev–Trinajstić information content (AvgIpc) is 3.21. The summed E-state index contributed by atoms with van der Waals surface area (Å²) in [4.78, 5) is 30.4. The lowest BCUT2D eigenvalue weighted by molar-refractivity contribution is 0.102. The molecule has 0 radical (unpaired) electrons. The highest BCUT2D eigenvalue weighted by Crippen LogP contribution is 2.35. The lowest BCUT2D eigenvalue weighted by atomic mass is 9.96. The van der Waals surface area contributed by atoms with E-state index >= 15 is 0 Å². The second-order valence-electron chi connectivity index (χ2n) is 10.8. The highest BCUT2D eigenvalue weighted by atomic mass is 35.5. The van der Waals surface area contributed by atoms with Gasteiger partial charge in [0.1, 0.15) is 11.5 Å². The summed E-state index contributed by atoms with van der Waals surface area (Å²) in [5, 5.41) is 6.63. The van der Waals surface area contributed by atoms with Crippen molar-refractivity contribution in [3.63, 3.8) is 0 Å². The van der Waals surface area contributed by atoms with Crippen LogP contribution in [-0.2, 0) is 6.54 Å². The number of carbonyl (C=O) groups excluding carboxylic acids is 1. The average molecular weight is 597 g/mol. The number of halogens is 4. The molecule has 1 aromatic carbocycles. The van der Waals surface area contributed by atoms with E-state index in [9.17, 15) is 18.0 Å². The van der Waals surface area contributed by atoms with Crippen LogP contribution in [0.2, 0.25) is 5.02 Å². The molecule has 3 aliphatic heterocycles. The van der Waals surface area contributed by atoms with Gasteiger partial charge in [-0.25, -0.2) is 23.1 Å². The number of nitrogens with one attached hydrogen (secondary N) is 1. The summed E-state index contributed by atoms with van der Waals surface area (Å²) in [6.07, 6.45) is 6.75. The van der Waals surface area contributed by atoms with Crippen LogP contribution in [-0.4, -0.2) is 68.3 Å². The van der Waals surface area contributed by atoms with Crippen molar-refractivity contribution in [2.24, 2.45) is 5.92 Å². The van der Waals surface area contributed by atoms with Crippen LogP contribution in [0, 0.1) is 11.7 Å². The van der Waals surface area contributed by atoms with Gasteiger partial charge in [-0.15, -0.1) is 0 Å². The van der Waals surface area contributed by atoms with E-state index in [0.29, 0.717) is 24.2 Å². The maximum Gasteiger partial charge on any atom is 0.275 e. The molecule has 3 fully saturated rings. The molecule has 3 aliphatic rings. The van der Waals surface area contributed by atoms with Crippen molar-refractivity contribution in [1.82, 2.24) is 29.6 Å². The summed E-state index contributed by atoms with van der Waals surface area (Å²) in [5.74, 6) is -0.0835. The number of aromatic nitrogens is 5. The maximum absolute atomic E-state index is 14.7. The van der Waals surface area contributed by atoms with Crippen molar-refractivity contribution in [2.75, 3.05) is 36.9 Å². The van der Waals surface area contributed by atoms with Gasteiger partial charge in [-0.3, -0.25) is 14.5 Å². The number of piperidine rings is 1. The van der Waals surface area contributed by atoms with E-state index < -0.39 is 29.3 Å². The quantitative estimate of drug-likeness (QED) is 0.310. The summed E-state index contributed by atoms with van der Waals surface area (Å²) >= 11 is 5.81. The Morgan fingerprint density at radius 2 is 1.95 bits per heavy atom. The minimum Gasteiger partial charge on any atom is -0.355 e. The Kier molecular flexibility index (Phi) is 7.82. The molecule has 7 rings (SSSR count). The Morgan fingerprint density at radius 3 is 2.71 bits per heavy atom. The zero-order valence-electron chi connectivity index (χ0n) is 22.7. The molecule has 1 amide bonds. The number of hydrogen-bond donors (Lipinski definition) is 1. The predicted molar refractivity (Wildman–Crippen MR) is 152 cm³/mol. The number of fused-ring (bicyclic) bond motifs is 4. The first-order valence-electron chi connectivity index (χ1n) is 13.6. The SMILES string of the molecule is CN1CC2CCC1CN(c1ccc(Cn3cc(NC(=O)c4cncc(-c5c(C(F)F)ccc(Cl)c5F)n4)cn3)cn1)C2. The van der Waals surface area contributed by atoms with Crippen LogP contribution in [0.3, 0.4) is 0 Å². The van der Waals surface area contributed by atoms with Gasteiger partial charge in [-0.05, 0) is 43.5 Å². The fraction of sp³-hybridized carbons (Fsp3) is 0.345. The first kappa shape index (κ1) is 28.1. The van der Waals surface area contributed by atoms with E-state index in [0.717, 1.165) is 55.5 Å². The topological polar surface area (TPSA) is 92.1 Å². The molecule has 2 bridgehead atoms. The van der Waals surface area contributed by atoms with Crippen molar-refractivity contribution in [3.05, 3.63) is 82.9 Å². The summed E-state index contributed by atoms with van der Waals surface area (Å²) in [7, 11) is 2.20. The number of rotatable bonds is 7. The number of amides is 1. The molecule has 3 aromatic heterocycles. The number of pyridine rings is 1. The standard InChI is InChI=1S/C29H28ClF3N8O/c1-39-12-18-2-4-20(39)16-40(13-18)25-7-3-17(8-35-25)14-41-15-19(9-36-41)37-29(42)24-11-34-10-23(38-24)26-21(28(32)33)5-6-22(30)27(26)31/h3,5-11,15,18,20,28H,2,4,12-14,16H2,1H3,(H,37,42). The lowest BCUT2D eigenvalue weighted by Gasteiger charge is -2.32. The van der Waals surface area contributed by atoms with Crippen LogP contribution in [0.5, 0.6) is 0 Å². The molecule has 6 heterocycles. The second kappa shape index (κ2) is 11.7. The summed E-state index contributed by atoms with van der Waals surface area (Å²) in [5.41, 5.74) is -0.173. The molecule has 0 saturated carbocycles. The van der Waals surface area contributed by atoms with Gasteiger partial charge < -0.3 is 15.1 Å². The molecular weight excluding hydrogens is 569 g/mol. The molecular formula is C29H28ClF3N8O. The van der Waals surface area contributed by atoms with Crippen molar-refractivity contribution < 1.29 is 18.0 Å². The van der Waals surface area contributed by atoms with Gasteiger partial charge >= 0.3 is 0 Å². The number of carbonyl (C=O) groups is 1. The minimum atomic E-state index is -2.98. The minimum absolute atomic E-state index is 0.187. The largest absolute Gasteiger partial charge is 0.355 e. The van der Waals surface area contributed by atoms with E-state index in [1.165, 1.54) is 19.0 Å². The summed E-state index contributed by atoms with van der Waals surface area (Å²) in [6.45, 7) is 3.58. The fourth-order valence-corrected chi connectivity index (χ4v) is 5.86. The van der Waals surface area contributed by atoms with E-state index in [-0.39, 0.29) is 16.4 Å². The van der Waals surface area contributed by atoms with Crippen LogP contribution in [0.15, 0.2) is 55.2 Å². The third-order valence-electron chi connectivity index (χ3n) is 7.84. The third kappa shape index (κ3) is 5.82. The molecule has 4 aromatic rings. The monoisotopic (exact) mass is 596 g/mol. The van der Waals surface area contributed by atoms with Gasteiger partial charge in [0.2, 0.25) is 0 Å². The molecule has 1 N–H and O–H groups in total. The van der Waals surface area contributed by atoms with Crippen molar-refractivity contribution >= 4 is 29.0 Å². The van der Waals surface area contributed by atoms with Crippen LogP contribution < -0.4 is 10.2 Å². The molecule has 42 heavy (non-hydrogen) atoms. The van der Waals surface area contributed by atoms with Gasteiger partial charge in [0, 0.05) is 49.2 Å². The molecule has 2 atom stereocenters. The normalized spacial score (nSPS) is 18.9. The van der Waals surface area contributed by atoms with E-state index in [4.69, 9.17) is 16.6 Å². The van der Waals surface area contributed by atoms with Crippen molar-refractivity contribution in [2.45, 2.75) is 31.9 Å². The van der Waals surface area contributed by atoms with Crippen molar-refractivity contribution in [3.8, 4) is 11.3 Å². The number of hydrogen-bond acceptors (Lipinski definition) is 7. The zero-order chi connectivity index (χ0) is 29.4. The number of likely N-dealkylation sites (N-methyl/N-ethyl adjacent to an activating group) is 1. The van der Waals surface area contributed by atoms with Crippen LogP contribution >= 0.6 is 11.6 Å². The third-order valence-corrected chi connectivity index (χ3v) is 8.13. The van der Waals surface area contributed by atoms with Gasteiger partial charge in [0.05, 0.1) is 41.5 Å². The molecule has 0 spiro atoms. The predicted octanol–water partition coefficient (Wildman–Crippen LogP) is 5.30. The first-order chi connectivity index (χ1) is 20.2. The molecule has 13 heteroatoms. The number of alkyl halides is 2. The highest BCUT2D eigenvalue weighted by Gasteiger charge is 2.33. The Balaban J connectivity index is 1.12.